The molecule has 1 N–H and O–H groups in total. The molecule has 174 valence electrons. The van der Waals surface area contributed by atoms with Crippen LogP contribution in [0.1, 0.15) is 49.3 Å². The molecule has 2 aliphatic rings. The normalized spacial score (nSPS) is 20.4. The average molecular weight is 467 g/mol. The second-order valence-corrected chi connectivity index (χ2v) is 10.3. The Hall–Kier alpha value is -2.57. The lowest BCUT2D eigenvalue weighted by Gasteiger charge is -2.19. The largest absolute Gasteiger partial charge is 0.356 e. The highest BCUT2D eigenvalue weighted by molar-refractivity contribution is 7.84. The van der Waals surface area contributed by atoms with Crippen molar-refractivity contribution in [2.75, 3.05) is 26.4 Å². The van der Waals surface area contributed by atoms with Crippen molar-refractivity contribution >= 4 is 33.9 Å². The van der Waals surface area contributed by atoms with E-state index < -0.39 is 10.8 Å². The van der Waals surface area contributed by atoms with Crippen LogP contribution in [0.25, 0.3) is 17.2 Å². The van der Waals surface area contributed by atoms with Crippen LogP contribution < -0.4 is 5.32 Å². The molecule has 0 bridgehead atoms. The summed E-state index contributed by atoms with van der Waals surface area (Å²) in [5.41, 5.74) is 4.87. The fourth-order valence-electron chi connectivity index (χ4n) is 4.88. The summed E-state index contributed by atoms with van der Waals surface area (Å²) in [5, 5.41) is 3.04. The Kier molecular flexibility index (Phi) is 7.25. The standard InChI is InChI=1S/C27H31FN2O2S/c1-18-23(16-19-9-11-21(12-10-19)33(3)32)22-7-4-8-25(28)27(22)24(18)17-26(31)29-14-13-20-6-5-15-30(20)2/h4,7-12,16,20H,5-6,13-15,17H2,1-3H3,(H,29,31). The topological polar surface area (TPSA) is 49.4 Å². The highest BCUT2D eigenvalue weighted by atomic mass is 32.2. The Bertz CT molecular complexity index is 1140. The molecule has 2 unspecified atom stereocenters. The molecule has 1 aliphatic heterocycles. The first kappa shape index (κ1) is 23.6. The zero-order chi connectivity index (χ0) is 23.5. The lowest BCUT2D eigenvalue weighted by atomic mass is 10.0. The Balaban J connectivity index is 1.54. The molecule has 2 aromatic carbocycles. The molecular weight excluding hydrogens is 435 g/mol. The van der Waals surface area contributed by atoms with Crippen molar-refractivity contribution in [1.29, 1.82) is 0 Å². The zero-order valence-electron chi connectivity index (χ0n) is 19.5. The number of allylic oxidation sites excluding steroid dienone is 2. The fourth-order valence-corrected chi connectivity index (χ4v) is 5.40. The molecule has 33 heavy (non-hydrogen) atoms. The van der Waals surface area contributed by atoms with Gasteiger partial charge in [-0.25, -0.2) is 4.39 Å². The van der Waals surface area contributed by atoms with Gasteiger partial charge in [-0.05, 0) is 91.9 Å². The van der Waals surface area contributed by atoms with Crippen molar-refractivity contribution < 1.29 is 13.4 Å². The van der Waals surface area contributed by atoms with E-state index in [1.807, 2.05) is 43.3 Å². The van der Waals surface area contributed by atoms with Gasteiger partial charge in [-0.15, -0.1) is 0 Å². The molecule has 2 atom stereocenters. The number of carbonyl (C=O) groups excluding carboxylic acids is 1. The first-order valence-electron chi connectivity index (χ1n) is 11.5. The van der Waals surface area contributed by atoms with E-state index in [2.05, 4.69) is 17.3 Å². The van der Waals surface area contributed by atoms with Gasteiger partial charge in [-0.3, -0.25) is 9.00 Å². The van der Waals surface area contributed by atoms with Crippen LogP contribution in [0.15, 0.2) is 52.9 Å². The molecule has 1 saturated heterocycles. The predicted octanol–water partition coefficient (Wildman–Crippen LogP) is 4.88. The molecule has 0 aromatic heterocycles. The van der Waals surface area contributed by atoms with E-state index in [-0.39, 0.29) is 18.1 Å². The predicted molar refractivity (Wildman–Crippen MR) is 134 cm³/mol. The van der Waals surface area contributed by atoms with E-state index in [0.29, 0.717) is 18.2 Å². The maximum atomic E-state index is 14.9. The van der Waals surface area contributed by atoms with Crippen molar-refractivity contribution in [2.45, 2.75) is 43.5 Å². The summed E-state index contributed by atoms with van der Waals surface area (Å²) < 4.78 is 26.6. The van der Waals surface area contributed by atoms with Gasteiger partial charge in [0.05, 0.1) is 6.42 Å². The monoisotopic (exact) mass is 466 g/mol. The summed E-state index contributed by atoms with van der Waals surface area (Å²) in [6.07, 6.45) is 7.15. The van der Waals surface area contributed by atoms with Crippen LogP contribution in [-0.4, -0.2) is 47.5 Å². The van der Waals surface area contributed by atoms with E-state index in [0.717, 1.165) is 45.7 Å². The van der Waals surface area contributed by atoms with E-state index >= 15 is 0 Å². The lowest BCUT2D eigenvalue weighted by molar-refractivity contribution is -0.120. The molecule has 1 amide bonds. The Morgan fingerprint density at radius 2 is 2.00 bits per heavy atom. The van der Waals surface area contributed by atoms with Crippen LogP contribution in [0, 0.1) is 5.82 Å². The number of carbonyl (C=O) groups is 1. The molecule has 2 aromatic rings. The number of hydrogen-bond acceptors (Lipinski definition) is 3. The second kappa shape index (κ2) is 10.1. The van der Waals surface area contributed by atoms with Crippen LogP contribution in [-0.2, 0) is 15.6 Å². The molecular formula is C27H31FN2O2S. The van der Waals surface area contributed by atoms with Gasteiger partial charge >= 0.3 is 0 Å². The van der Waals surface area contributed by atoms with Crippen LogP contribution >= 0.6 is 0 Å². The maximum absolute atomic E-state index is 14.9. The molecule has 1 heterocycles. The SMILES string of the molecule is CC1=C(CC(=O)NCCC2CCCN2C)c2c(F)cccc2C1=Cc1ccc(S(C)=O)cc1. The van der Waals surface area contributed by atoms with Crippen molar-refractivity contribution in [3.63, 3.8) is 0 Å². The number of rotatable bonds is 7. The fraction of sp³-hybridized carbons (Fsp3) is 0.370. The van der Waals surface area contributed by atoms with Gasteiger partial charge in [-0.2, -0.15) is 0 Å². The van der Waals surface area contributed by atoms with Crippen molar-refractivity contribution in [3.8, 4) is 0 Å². The molecule has 4 nitrogen and oxygen atoms in total. The number of likely N-dealkylation sites (tertiary alicyclic amines) is 1. The van der Waals surface area contributed by atoms with Crippen molar-refractivity contribution in [1.82, 2.24) is 10.2 Å². The van der Waals surface area contributed by atoms with Gasteiger partial charge in [0.25, 0.3) is 0 Å². The van der Waals surface area contributed by atoms with E-state index in [1.165, 1.54) is 18.9 Å². The summed E-state index contributed by atoms with van der Waals surface area (Å²) in [6.45, 7) is 3.71. The quantitative estimate of drug-likeness (QED) is 0.633. The zero-order valence-corrected chi connectivity index (χ0v) is 20.3. The van der Waals surface area contributed by atoms with Gasteiger partial charge < -0.3 is 10.2 Å². The highest BCUT2D eigenvalue weighted by Crippen LogP contribution is 2.44. The number of benzene rings is 2. The Labute approximate surface area is 198 Å². The lowest BCUT2D eigenvalue weighted by Crippen LogP contribution is -2.31. The minimum absolute atomic E-state index is 0.0739. The van der Waals surface area contributed by atoms with Gasteiger partial charge in [-0.1, -0.05) is 24.3 Å². The summed E-state index contributed by atoms with van der Waals surface area (Å²) in [5.74, 6) is -0.377. The number of hydrogen-bond donors (Lipinski definition) is 1. The second-order valence-electron chi connectivity index (χ2n) is 8.94. The summed E-state index contributed by atoms with van der Waals surface area (Å²) in [6, 6.07) is 13.1. The molecule has 6 heteroatoms. The molecule has 1 fully saturated rings. The van der Waals surface area contributed by atoms with Crippen LogP contribution in [0.3, 0.4) is 0 Å². The Morgan fingerprint density at radius 1 is 1.24 bits per heavy atom. The molecule has 1 aliphatic carbocycles. The smallest absolute Gasteiger partial charge is 0.224 e. The summed E-state index contributed by atoms with van der Waals surface area (Å²) in [4.78, 5) is 15.9. The van der Waals surface area contributed by atoms with Crippen molar-refractivity contribution in [3.05, 3.63) is 70.5 Å². The van der Waals surface area contributed by atoms with Crippen LogP contribution in [0.4, 0.5) is 4.39 Å². The first-order chi connectivity index (χ1) is 15.8. The van der Waals surface area contributed by atoms with Gasteiger partial charge in [0.15, 0.2) is 0 Å². The molecule has 0 saturated carbocycles. The van der Waals surface area contributed by atoms with E-state index in [4.69, 9.17) is 0 Å². The third-order valence-electron chi connectivity index (χ3n) is 6.79. The third kappa shape index (κ3) is 5.17. The molecule has 0 radical (unpaired) electrons. The highest BCUT2D eigenvalue weighted by Gasteiger charge is 2.28. The number of nitrogens with one attached hydrogen (secondary N) is 1. The third-order valence-corrected chi connectivity index (χ3v) is 7.73. The van der Waals surface area contributed by atoms with Crippen molar-refractivity contribution in [2.24, 2.45) is 0 Å². The maximum Gasteiger partial charge on any atom is 0.224 e. The molecule has 4 rings (SSSR count). The minimum Gasteiger partial charge on any atom is -0.356 e. The summed E-state index contributed by atoms with van der Waals surface area (Å²) in [7, 11) is 1.10. The minimum atomic E-state index is -1.03. The van der Waals surface area contributed by atoms with Gasteiger partial charge in [0, 0.05) is 40.1 Å². The van der Waals surface area contributed by atoms with E-state index in [1.54, 1.807) is 12.3 Å². The van der Waals surface area contributed by atoms with Crippen LogP contribution in [0.5, 0.6) is 0 Å². The summed E-state index contributed by atoms with van der Waals surface area (Å²) >= 11 is 0. The van der Waals surface area contributed by atoms with Crippen LogP contribution in [0.2, 0.25) is 0 Å². The number of amides is 1. The van der Waals surface area contributed by atoms with Gasteiger partial charge in [0.2, 0.25) is 5.91 Å². The Morgan fingerprint density at radius 3 is 2.67 bits per heavy atom. The molecule has 0 spiro atoms. The van der Waals surface area contributed by atoms with Gasteiger partial charge in [0.1, 0.15) is 5.82 Å². The van der Waals surface area contributed by atoms with E-state index in [9.17, 15) is 13.4 Å². The number of fused-ring (bicyclic) bond motifs is 1. The average Bonchev–Trinajstić information content (AvgIpc) is 3.31. The number of nitrogens with zero attached hydrogens (tertiary/aromatic N) is 1. The first-order valence-corrected chi connectivity index (χ1v) is 13.0. The number of halogens is 1.